The lowest BCUT2D eigenvalue weighted by Gasteiger charge is -2.26. The highest BCUT2D eigenvalue weighted by Crippen LogP contribution is 2.35. The van der Waals surface area contributed by atoms with Gasteiger partial charge in [-0.25, -0.2) is 4.79 Å². The zero-order valence-electron chi connectivity index (χ0n) is 18.7. The molecule has 2 aliphatic rings. The molecule has 0 bridgehead atoms. The summed E-state index contributed by atoms with van der Waals surface area (Å²) in [4.78, 5) is 35.3. The molecule has 170 valence electrons. The van der Waals surface area contributed by atoms with E-state index in [0.717, 1.165) is 11.1 Å². The normalized spacial score (nSPS) is 33.7. The molecule has 1 saturated heterocycles. The van der Waals surface area contributed by atoms with Gasteiger partial charge < -0.3 is 19.3 Å². The zero-order valence-corrected chi connectivity index (χ0v) is 18.7. The van der Waals surface area contributed by atoms with Gasteiger partial charge in [-0.1, -0.05) is 24.3 Å². The summed E-state index contributed by atoms with van der Waals surface area (Å²) >= 11 is 0. The van der Waals surface area contributed by atoms with Crippen molar-refractivity contribution >= 4 is 17.9 Å². The lowest BCUT2D eigenvalue weighted by molar-refractivity contribution is -0.145. The summed E-state index contributed by atoms with van der Waals surface area (Å²) < 4.78 is 16.3. The average Bonchev–Trinajstić information content (AvgIpc) is 2.90. The van der Waals surface area contributed by atoms with Gasteiger partial charge in [-0.2, -0.15) is 0 Å². The largest absolute Gasteiger partial charge is 0.458 e. The maximum absolute atomic E-state index is 12.1. The second-order valence-electron chi connectivity index (χ2n) is 8.37. The Morgan fingerprint density at radius 1 is 1.06 bits per heavy atom. The van der Waals surface area contributed by atoms with Crippen LogP contribution in [-0.4, -0.2) is 47.4 Å². The molecule has 1 aliphatic heterocycles. The molecule has 1 aliphatic carbocycles. The number of allylic oxidation sites excluding steroid dienone is 1. The van der Waals surface area contributed by atoms with E-state index in [2.05, 4.69) is 13.2 Å². The van der Waals surface area contributed by atoms with Crippen LogP contribution in [0.25, 0.3) is 0 Å². The molecule has 1 fully saturated rings. The van der Waals surface area contributed by atoms with Crippen LogP contribution in [0.15, 0.2) is 47.6 Å². The highest BCUT2D eigenvalue weighted by Gasteiger charge is 2.42. The summed E-state index contributed by atoms with van der Waals surface area (Å²) in [7, 11) is 0. The fourth-order valence-electron chi connectivity index (χ4n) is 4.04. The van der Waals surface area contributed by atoms with Crippen molar-refractivity contribution in [1.82, 2.24) is 0 Å². The number of carbonyl (C=O) groups excluding carboxylic acids is 3. The number of esters is 3. The number of fused-ring (bicyclic) bond motifs is 1. The molecule has 0 amide bonds. The molecule has 5 atom stereocenters. The van der Waals surface area contributed by atoms with Crippen LogP contribution in [-0.2, 0) is 28.6 Å². The average molecular weight is 433 g/mol. The van der Waals surface area contributed by atoms with E-state index < -0.39 is 48.2 Å². The van der Waals surface area contributed by atoms with Crippen molar-refractivity contribution in [3.05, 3.63) is 47.6 Å². The number of rotatable bonds is 2. The third kappa shape index (κ3) is 6.92. The van der Waals surface area contributed by atoms with Gasteiger partial charge in [0, 0.05) is 25.8 Å². The number of hydrogen-bond donors (Lipinski definition) is 1. The van der Waals surface area contributed by atoms with E-state index in [1.807, 2.05) is 19.9 Å². The van der Waals surface area contributed by atoms with Crippen molar-refractivity contribution in [2.45, 2.75) is 77.8 Å². The third-order valence-corrected chi connectivity index (χ3v) is 5.47. The maximum Gasteiger partial charge on any atom is 0.334 e. The summed E-state index contributed by atoms with van der Waals surface area (Å²) in [6.07, 6.45) is 2.51. The highest BCUT2D eigenvalue weighted by molar-refractivity contribution is 5.91. The Bertz CT molecular complexity index is 820. The Morgan fingerprint density at radius 3 is 2.32 bits per heavy atom. The Kier molecular flexibility index (Phi) is 8.39. The molecule has 2 rings (SSSR count). The number of hydrogen-bond acceptors (Lipinski definition) is 7. The quantitative estimate of drug-likeness (QED) is 0.309. The molecular formula is C24H32O7. The minimum absolute atomic E-state index is 0.139. The number of aliphatic hydroxyl groups is 1. The molecule has 31 heavy (non-hydrogen) atoms. The SMILES string of the molecule is C=C1C[C@H](O)[C@@H]2C(=C)C(=O)O[C@H]2/C=C(\C)C[C@H](OC(C)=O)/C=C(\C)CCC1OC(C)=O. The van der Waals surface area contributed by atoms with E-state index in [9.17, 15) is 19.5 Å². The Labute approximate surface area is 183 Å². The van der Waals surface area contributed by atoms with Gasteiger partial charge in [-0.05, 0) is 50.8 Å². The summed E-state index contributed by atoms with van der Waals surface area (Å²) in [5, 5.41) is 10.9. The smallest absolute Gasteiger partial charge is 0.334 e. The molecule has 1 heterocycles. The Hall–Kier alpha value is -2.67. The van der Waals surface area contributed by atoms with Gasteiger partial charge in [0.25, 0.3) is 0 Å². The minimum Gasteiger partial charge on any atom is -0.458 e. The number of ether oxygens (including phenoxy) is 3. The van der Waals surface area contributed by atoms with Crippen LogP contribution in [0.2, 0.25) is 0 Å². The number of carbonyl (C=O) groups is 3. The van der Waals surface area contributed by atoms with Crippen LogP contribution in [0.5, 0.6) is 0 Å². The second kappa shape index (κ2) is 10.6. The van der Waals surface area contributed by atoms with Crippen LogP contribution in [0.4, 0.5) is 0 Å². The highest BCUT2D eigenvalue weighted by atomic mass is 16.6. The van der Waals surface area contributed by atoms with E-state index >= 15 is 0 Å². The molecule has 0 spiro atoms. The van der Waals surface area contributed by atoms with Crippen LogP contribution < -0.4 is 0 Å². The van der Waals surface area contributed by atoms with Crippen LogP contribution >= 0.6 is 0 Å². The van der Waals surface area contributed by atoms with Crippen molar-refractivity contribution < 1.29 is 33.7 Å². The van der Waals surface area contributed by atoms with E-state index in [1.54, 1.807) is 6.08 Å². The van der Waals surface area contributed by atoms with Crippen molar-refractivity contribution in [2.75, 3.05) is 0 Å². The fourth-order valence-corrected chi connectivity index (χ4v) is 4.04. The summed E-state index contributed by atoms with van der Waals surface area (Å²) in [5.74, 6) is -2.05. The first-order valence-electron chi connectivity index (χ1n) is 10.4. The molecule has 0 aromatic carbocycles. The van der Waals surface area contributed by atoms with E-state index in [-0.39, 0.29) is 12.0 Å². The molecule has 7 heteroatoms. The van der Waals surface area contributed by atoms with E-state index in [4.69, 9.17) is 14.2 Å². The van der Waals surface area contributed by atoms with Gasteiger partial charge in [0.05, 0.1) is 12.0 Å². The van der Waals surface area contributed by atoms with Gasteiger partial charge in [-0.3, -0.25) is 9.59 Å². The molecule has 1 N–H and O–H groups in total. The van der Waals surface area contributed by atoms with E-state index in [0.29, 0.717) is 24.8 Å². The van der Waals surface area contributed by atoms with Gasteiger partial charge in [-0.15, -0.1) is 0 Å². The Balaban J connectivity index is 2.43. The Morgan fingerprint density at radius 2 is 1.71 bits per heavy atom. The van der Waals surface area contributed by atoms with Crippen molar-refractivity contribution in [1.29, 1.82) is 0 Å². The summed E-state index contributed by atoms with van der Waals surface area (Å²) in [6, 6.07) is 0. The maximum atomic E-state index is 12.1. The number of aliphatic hydroxyl groups excluding tert-OH is 1. The van der Waals surface area contributed by atoms with Crippen molar-refractivity contribution in [2.24, 2.45) is 5.92 Å². The zero-order chi connectivity index (χ0) is 23.3. The predicted octanol–water partition coefficient (Wildman–Crippen LogP) is 3.33. The van der Waals surface area contributed by atoms with Gasteiger partial charge in [0.15, 0.2) is 0 Å². The third-order valence-electron chi connectivity index (χ3n) is 5.47. The van der Waals surface area contributed by atoms with Crippen molar-refractivity contribution in [3.8, 4) is 0 Å². The van der Waals surface area contributed by atoms with E-state index in [1.165, 1.54) is 13.8 Å². The molecule has 0 radical (unpaired) electrons. The van der Waals surface area contributed by atoms with Crippen LogP contribution in [0.3, 0.4) is 0 Å². The molecule has 1 unspecified atom stereocenters. The molecule has 0 aromatic rings. The summed E-state index contributed by atoms with van der Waals surface area (Å²) in [5.41, 5.74) is 2.57. The van der Waals surface area contributed by atoms with Gasteiger partial charge >= 0.3 is 17.9 Å². The molecular weight excluding hydrogens is 400 g/mol. The van der Waals surface area contributed by atoms with Gasteiger partial charge in [0.1, 0.15) is 18.3 Å². The topological polar surface area (TPSA) is 99.1 Å². The van der Waals surface area contributed by atoms with Crippen LogP contribution in [0, 0.1) is 5.92 Å². The first-order valence-corrected chi connectivity index (χ1v) is 10.4. The van der Waals surface area contributed by atoms with Gasteiger partial charge in [0.2, 0.25) is 0 Å². The van der Waals surface area contributed by atoms with Crippen LogP contribution in [0.1, 0.15) is 53.4 Å². The molecule has 0 saturated carbocycles. The standard InChI is InChI=1S/C24H32O7/c1-13-7-8-21(30-18(6)26)15(3)12-20(27)23-16(4)24(28)31-22(23)11-14(2)10-19(9-13)29-17(5)25/h9,11,19-23,27H,3-4,7-8,10,12H2,1-2,5-6H3/b13-9+,14-11+/t19-,20+,21?,22+,23+/m1/s1. The molecule has 0 aromatic heterocycles. The monoisotopic (exact) mass is 432 g/mol. The lowest BCUT2D eigenvalue weighted by atomic mass is 9.85. The lowest BCUT2D eigenvalue weighted by Crippen LogP contribution is -2.31. The van der Waals surface area contributed by atoms with Crippen molar-refractivity contribution in [3.63, 3.8) is 0 Å². The first kappa shape index (κ1) is 24.6. The fraction of sp³-hybridized carbons (Fsp3) is 0.542. The minimum atomic E-state index is -0.984. The first-order chi connectivity index (χ1) is 14.5. The predicted molar refractivity (Wildman–Crippen MR) is 115 cm³/mol. The molecule has 7 nitrogen and oxygen atoms in total. The second-order valence-corrected chi connectivity index (χ2v) is 8.37. The summed E-state index contributed by atoms with van der Waals surface area (Å²) in [6.45, 7) is 14.3.